The van der Waals surface area contributed by atoms with Crippen LogP contribution < -0.4 is 0 Å². The highest BCUT2D eigenvalue weighted by Crippen LogP contribution is 2.21. The molecule has 17 heavy (non-hydrogen) atoms. The average Bonchev–Trinajstić information content (AvgIpc) is 2.78. The molecular formula is C13H15ClN2O. The first-order valence-corrected chi connectivity index (χ1v) is 5.95. The molecule has 0 aliphatic carbocycles. The Kier molecular flexibility index (Phi) is 3.50. The zero-order chi connectivity index (χ0) is 12.4. The molecule has 90 valence electrons. The van der Waals surface area contributed by atoms with Gasteiger partial charge in [0, 0.05) is 16.8 Å². The van der Waals surface area contributed by atoms with Gasteiger partial charge in [-0.3, -0.25) is 0 Å². The first-order valence-electron chi connectivity index (χ1n) is 5.57. The molecule has 2 aromatic rings. The molecule has 4 heteroatoms. The molecule has 0 bridgehead atoms. The van der Waals surface area contributed by atoms with E-state index in [-0.39, 0.29) is 6.61 Å². The third-order valence-electron chi connectivity index (χ3n) is 2.66. The summed E-state index contributed by atoms with van der Waals surface area (Å²) < 4.78 is 1.78. The Bertz CT molecular complexity index is 520. The fourth-order valence-corrected chi connectivity index (χ4v) is 1.88. The minimum Gasteiger partial charge on any atom is -0.392 e. The van der Waals surface area contributed by atoms with Gasteiger partial charge in [-0.2, -0.15) is 5.10 Å². The van der Waals surface area contributed by atoms with Crippen LogP contribution in [-0.4, -0.2) is 14.9 Å². The van der Waals surface area contributed by atoms with Crippen LogP contribution in [0.15, 0.2) is 30.5 Å². The van der Waals surface area contributed by atoms with Gasteiger partial charge in [-0.1, -0.05) is 25.4 Å². The summed E-state index contributed by atoms with van der Waals surface area (Å²) in [5.41, 5.74) is 2.67. The van der Waals surface area contributed by atoms with E-state index in [2.05, 4.69) is 18.9 Å². The molecule has 0 spiro atoms. The average molecular weight is 251 g/mol. The second kappa shape index (κ2) is 4.90. The Morgan fingerprint density at radius 2 is 2.12 bits per heavy atom. The van der Waals surface area contributed by atoms with Crippen LogP contribution in [0, 0.1) is 0 Å². The number of benzene rings is 1. The third-order valence-corrected chi connectivity index (χ3v) is 2.90. The highest BCUT2D eigenvalue weighted by atomic mass is 35.5. The van der Waals surface area contributed by atoms with Crippen molar-refractivity contribution >= 4 is 11.6 Å². The van der Waals surface area contributed by atoms with E-state index in [9.17, 15) is 5.11 Å². The lowest BCUT2D eigenvalue weighted by molar-refractivity contribution is 0.281. The maximum Gasteiger partial charge on any atom is 0.0703 e. The van der Waals surface area contributed by atoms with E-state index in [1.54, 1.807) is 16.8 Å². The molecule has 2 rings (SSSR count). The number of nitrogens with zero attached hydrogens (tertiary/aromatic N) is 2. The Hall–Kier alpha value is -1.32. The number of halogens is 1. The predicted molar refractivity (Wildman–Crippen MR) is 68.6 cm³/mol. The molecule has 0 unspecified atom stereocenters. The van der Waals surface area contributed by atoms with Gasteiger partial charge in [0.1, 0.15) is 0 Å². The van der Waals surface area contributed by atoms with Gasteiger partial charge >= 0.3 is 0 Å². The quantitative estimate of drug-likeness (QED) is 0.909. The number of hydrogen-bond donors (Lipinski definition) is 1. The molecule has 0 aliphatic heterocycles. The summed E-state index contributed by atoms with van der Waals surface area (Å²) in [4.78, 5) is 0. The van der Waals surface area contributed by atoms with Crippen LogP contribution in [-0.2, 0) is 6.61 Å². The molecule has 0 saturated carbocycles. The molecule has 3 nitrogen and oxygen atoms in total. The van der Waals surface area contributed by atoms with Crippen LogP contribution in [0.4, 0.5) is 0 Å². The van der Waals surface area contributed by atoms with E-state index in [0.717, 1.165) is 16.9 Å². The molecule has 0 aliphatic rings. The van der Waals surface area contributed by atoms with Gasteiger partial charge in [0.25, 0.3) is 0 Å². The van der Waals surface area contributed by atoms with Gasteiger partial charge in [-0.15, -0.1) is 0 Å². The van der Waals surface area contributed by atoms with E-state index in [4.69, 9.17) is 11.6 Å². The Morgan fingerprint density at radius 3 is 2.71 bits per heavy atom. The lowest BCUT2D eigenvalue weighted by atomic mass is 10.1. The smallest absolute Gasteiger partial charge is 0.0703 e. The molecule has 0 atom stereocenters. The zero-order valence-electron chi connectivity index (χ0n) is 9.89. The lowest BCUT2D eigenvalue weighted by Crippen LogP contribution is -2.01. The van der Waals surface area contributed by atoms with E-state index < -0.39 is 0 Å². The molecule has 1 heterocycles. The summed E-state index contributed by atoms with van der Waals surface area (Å²) in [6.07, 6.45) is 1.90. The van der Waals surface area contributed by atoms with E-state index in [0.29, 0.717) is 10.9 Å². The van der Waals surface area contributed by atoms with Crippen molar-refractivity contribution in [1.29, 1.82) is 0 Å². The summed E-state index contributed by atoms with van der Waals surface area (Å²) >= 11 is 5.90. The number of aliphatic hydroxyl groups is 1. The largest absolute Gasteiger partial charge is 0.392 e. The summed E-state index contributed by atoms with van der Waals surface area (Å²) in [7, 11) is 0. The van der Waals surface area contributed by atoms with Crippen molar-refractivity contribution in [3.05, 3.63) is 46.7 Å². The third kappa shape index (κ3) is 2.51. The van der Waals surface area contributed by atoms with Crippen molar-refractivity contribution in [1.82, 2.24) is 9.78 Å². The van der Waals surface area contributed by atoms with Gasteiger partial charge < -0.3 is 5.11 Å². The van der Waals surface area contributed by atoms with Crippen molar-refractivity contribution < 1.29 is 5.11 Å². The van der Waals surface area contributed by atoms with Gasteiger partial charge in [0.15, 0.2) is 0 Å². The second-order valence-corrected chi connectivity index (χ2v) is 4.71. The molecule has 1 N–H and O–H groups in total. The topological polar surface area (TPSA) is 38.0 Å². The van der Waals surface area contributed by atoms with Crippen molar-refractivity contribution in [2.45, 2.75) is 26.4 Å². The van der Waals surface area contributed by atoms with Crippen molar-refractivity contribution in [2.24, 2.45) is 0 Å². The number of aromatic nitrogens is 2. The summed E-state index contributed by atoms with van der Waals surface area (Å²) in [5, 5.41) is 14.4. The maximum atomic E-state index is 9.32. The Morgan fingerprint density at radius 1 is 1.35 bits per heavy atom. The van der Waals surface area contributed by atoms with Crippen molar-refractivity contribution in [3.63, 3.8) is 0 Å². The standard InChI is InChI=1S/C13H15ClN2O/c1-9(2)12-5-6-16(15-12)13-4-3-11(14)7-10(13)8-17/h3-7,9,17H,8H2,1-2H3. The van der Waals surface area contributed by atoms with Crippen LogP contribution >= 0.6 is 11.6 Å². The molecule has 1 aromatic carbocycles. The summed E-state index contributed by atoms with van der Waals surface area (Å²) in [6, 6.07) is 7.41. The number of hydrogen-bond acceptors (Lipinski definition) is 2. The number of aliphatic hydroxyl groups excluding tert-OH is 1. The van der Waals surface area contributed by atoms with E-state index >= 15 is 0 Å². The van der Waals surface area contributed by atoms with Crippen molar-refractivity contribution in [3.8, 4) is 5.69 Å². The highest BCUT2D eigenvalue weighted by Gasteiger charge is 2.08. The van der Waals surface area contributed by atoms with Gasteiger partial charge in [-0.05, 0) is 30.2 Å². The normalized spacial score (nSPS) is 11.1. The molecule has 0 radical (unpaired) electrons. The monoisotopic (exact) mass is 250 g/mol. The van der Waals surface area contributed by atoms with E-state index in [1.165, 1.54) is 0 Å². The molecule has 0 saturated heterocycles. The fraction of sp³-hybridized carbons (Fsp3) is 0.308. The second-order valence-electron chi connectivity index (χ2n) is 4.27. The zero-order valence-corrected chi connectivity index (χ0v) is 10.6. The van der Waals surface area contributed by atoms with Crippen LogP contribution in [0.1, 0.15) is 31.0 Å². The first-order chi connectivity index (χ1) is 8.11. The maximum absolute atomic E-state index is 9.32. The first kappa shape index (κ1) is 12.1. The van der Waals surface area contributed by atoms with Crippen LogP contribution in [0.2, 0.25) is 5.02 Å². The fourth-order valence-electron chi connectivity index (χ4n) is 1.68. The predicted octanol–water partition coefficient (Wildman–Crippen LogP) is 3.14. The molecule has 1 aromatic heterocycles. The Labute approximate surface area is 106 Å². The van der Waals surface area contributed by atoms with Gasteiger partial charge in [-0.25, -0.2) is 4.68 Å². The molecule has 0 fully saturated rings. The minimum absolute atomic E-state index is 0.0488. The van der Waals surface area contributed by atoms with Crippen LogP contribution in [0.25, 0.3) is 5.69 Å². The van der Waals surface area contributed by atoms with Crippen LogP contribution in [0.5, 0.6) is 0 Å². The van der Waals surface area contributed by atoms with Gasteiger partial charge in [0.2, 0.25) is 0 Å². The molecule has 0 amide bonds. The van der Waals surface area contributed by atoms with Gasteiger partial charge in [0.05, 0.1) is 18.0 Å². The summed E-state index contributed by atoms with van der Waals surface area (Å²) in [6.45, 7) is 4.15. The Balaban J connectivity index is 2.44. The SMILES string of the molecule is CC(C)c1ccn(-c2ccc(Cl)cc2CO)n1. The van der Waals surface area contributed by atoms with Crippen LogP contribution in [0.3, 0.4) is 0 Å². The minimum atomic E-state index is -0.0488. The highest BCUT2D eigenvalue weighted by molar-refractivity contribution is 6.30. The number of rotatable bonds is 3. The molecular weight excluding hydrogens is 236 g/mol. The summed E-state index contributed by atoms with van der Waals surface area (Å²) in [5.74, 6) is 0.390. The van der Waals surface area contributed by atoms with E-state index in [1.807, 2.05) is 18.3 Å². The van der Waals surface area contributed by atoms with Crippen molar-refractivity contribution in [2.75, 3.05) is 0 Å². The lowest BCUT2D eigenvalue weighted by Gasteiger charge is -2.08.